The number of rotatable bonds is 6. The average Bonchev–Trinajstić information content (AvgIpc) is 3.28. The largest absolute Gasteiger partial charge is 0.319 e. The first-order chi connectivity index (χ1) is 16.2. The van der Waals surface area contributed by atoms with Gasteiger partial charge in [0.05, 0.1) is 10.6 Å². The number of hydrogen-bond donors (Lipinski definition) is 1. The van der Waals surface area contributed by atoms with Crippen LogP contribution in [0.15, 0.2) is 77.7 Å². The van der Waals surface area contributed by atoms with Crippen molar-refractivity contribution in [3.63, 3.8) is 0 Å². The number of anilines is 1. The minimum Gasteiger partial charge on any atom is -0.319 e. The van der Waals surface area contributed by atoms with E-state index in [9.17, 15) is 13.2 Å². The van der Waals surface area contributed by atoms with E-state index >= 15 is 0 Å². The van der Waals surface area contributed by atoms with Gasteiger partial charge in [0.15, 0.2) is 5.82 Å². The van der Waals surface area contributed by atoms with E-state index in [0.29, 0.717) is 11.5 Å². The van der Waals surface area contributed by atoms with Crippen LogP contribution in [0.5, 0.6) is 0 Å². The van der Waals surface area contributed by atoms with Crippen LogP contribution < -0.4 is 5.32 Å². The topological polar surface area (TPSA) is 97.2 Å². The first kappa shape index (κ1) is 23.3. The Labute approximate surface area is 198 Å². The third-order valence-corrected chi connectivity index (χ3v) is 7.30. The van der Waals surface area contributed by atoms with Crippen molar-refractivity contribution in [1.82, 2.24) is 19.1 Å². The number of nitrogens with one attached hydrogen (secondary N) is 1. The van der Waals surface area contributed by atoms with Crippen LogP contribution in [0.1, 0.15) is 21.7 Å². The van der Waals surface area contributed by atoms with E-state index in [-0.39, 0.29) is 10.7 Å². The van der Waals surface area contributed by atoms with Gasteiger partial charge < -0.3 is 5.32 Å². The Morgan fingerprint density at radius 1 is 0.941 bits per heavy atom. The highest BCUT2D eigenvalue weighted by Crippen LogP contribution is 2.26. The quantitative estimate of drug-likeness (QED) is 0.454. The van der Waals surface area contributed by atoms with Gasteiger partial charge >= 0.3 is 0 Å². The molecule has 4 aromatic rings. The highest BCUT2D eigenvalue weighted by molar-refractivity contribution is 7.89. The molecule has 0 atom stereocenters. The number of benzene rings is 3. The van der Waals surface area contributed by atoms with Gasteiger partial charge in [-0.1, -0.05) is 48.5 Å². The highest BCUT2D eigenvalue weighted by Gasteiger charge is 2.23. The lowest BCUT2D eigenvalue weighted by molar-refractivity contribution is 0.101. The van der Waals surface area contributed by atoms with Crippen molar-refractivity contribution in [3.8, 4) is 17.1 Å². The van der Waals surface area contributed by atoms with Crippen molar-refractivity contribution in [2.75, 3.05) is 19.4 Å². The molecule has 1 aromatic heterocycles. The molecule has 0 unspecified atom stereocenters. The normalized spacial score (nSPS) is 11.6. The Balaban J connectivity index is 1.75. The number of carbonyl (C=O) groups is 1. The molecule has 4 rings (SSSR count). The van der Waals surface area contributed by atoms with Crippen molar-refractivity contribution >= 4 is 21.6 Å². The van der Waals surface area contributed by atoms with Crippen LogP contribution in [-0.4, -0.2) is 47.5 Å². The van der Waals surface area contributed by atoms with E-state index < -0.39 is 15.9 Å². The molecule has 1 amide bonds. The van der Waals surface area contributed by atoms with Crippen molar-refractivity contribution in [2.45, 2.75) is 18.7 Å². The molecule has 0 aliphatic carbocycles. The zero-order valence-electron chi connectivity index (χ0n) is 19.4. The molecule has 1 heterocycles. The Hall–Kier alpha value is -3.82. The van der Waals surface area contributed by atoms with Gasteiger partial charge in [-0.3, -0.25) is 4.79 Å². The molecule has 0 radical (unpaired) electrons. The maximum atomic E-state index is 13.2. The van der Waals surface area contributed by atoms with Gasteiger partial charge in [0.25, 0.3) is 5.91 Å². The van der Waals surface area contributed by atoms with Gasteiger partial charge in [-0.05, 0) is 49.2 Å². The summed E-state index contributed by atoms with van der Waals surface area (Å²) in [5.41, 5.74) is 3.47. The molecular weight excluding hydrogens is 450 g/mol. The summed E-state index contributed by atoms with van der Waals surface area (Å²) in [5, 5.41) is 7.27. The van der Waals surface area contributed by atoms with Crippen molar-refractivity contribution in [1.29, 1.82) is 0 Å². The summed E-state index contributed by atoms with van der Waals surface area (Å²) in [7, 11) is -0.734. The molecule has 3 aromatic carbocycles. The first-order valence-electron chi connectivity index (χ1n) is 10.6. The van der Waals surface area contributed by atoms with Crippen molar-refractivity contribution < 1.29 is 13.2 Å². The summed E-state index contributed by atoms with van der Waals surface area (Å²) in [4.78, 5) is 17.8. The number of nitrogens with zero attached hydrogens (tertiary/aromatic N) is 4. The van der Waals surface area contributed by atoms with E-state index in [1.807, 2.05) is 67.6 Å². The maximum absolute atomic E-state index is 13.2. The monoisotopic (exact) mass is 475 g/mol. The minimum absolute atomic E-state index is 0.0272. The molecule has 0 saturated carbocycles. The molecule has 34 heavy (non-hydrogen) atoms. The second-order valence-corrected chi connectivity index (χ2v) is 10.2. The highest BCUT2D eigenvalue weighted by atomic mass is 32.2. The predicted octanol–water partition coefficient (Wildman–Crippen LogP) is 4.05. The number of hydrogen-bond acceptors (Lipinski definition) is 5. The lowest BCUT2D eigenvalue weighted by Crippen LogP contribution is -2.23. The molecule has 0 aliphatic heterocycles. The summed E-state index contributed by atoms with van der Waals surface area (Å²) < 4.78 is 28.1. The molecule has 0 saturated heterocycles. The molecule has 0 fully saturated rings. The SMILES string of the molecule is Cc1cc(S(=O)(=O)N(C)C)cc(NC(=O)c2nc(-c3ccccc3)n(-c3ccccc3)n2)c1C. The number of amides is 1. The summed E-state index contributed by atoms with van der Waals surface area (Å²) in [6, 6.07) is 22.0. The second-order valence-electron chi connectivity index (χ2n) is 8.03. The van der Waals surface area contributed by atoms with E-state index in [0.717, 1.165) is 26.7 Å². The fourth-order valence-corrected chi connectivity index (χ4v) is 4.44. The third-order valence-electron chi connectivity index (χ3n) is 5.51. The average molecular weight is 476 g/mol. The lowest BCUT2D eigenvalue weighted by atomic mass is 10.1. The van der Waals surface area contributed by atoms with E-state index in [4.69, 9.17) is 0 Å². The van der Waals surface area contributed by atoms with Crippen LogP contribution in [0.2, 0.25) is 0 Å². The number of carbonyl (C=O) groups excluding carboxylic acids is 1. The van der Waals surface area contributed by atoms with E-state index in [1.54, 1.807) is 17.7 Å². The molecule has 1 N–H and O–H groups in total. The Kier molecular flexibility index (Phi) is 6.32. The maximum Gasteiger partial charge on any atom is 0.295 e. The minimum atomic E-state index is -3.67. The van der Waals surface area contributed by atoms with E-state index in [2.05, 4.69) is 15.4 Å². The Morgan fingerprint density at radius 3 is 2.18 bits per heavy atom. The number of sulfonamides is 1. The van der Waals surface area contributed by atoms with E-state index in [1.165, 1.54) is 20.2 Å². The lowest BCUT2D eigenvalue weighted by Gasteiger charge is -2.16. The predicted molar refractivity (Wildman–Crippen MR) is 132 cm³/mol. The third kappa shape index (κ3) is 4.48. The zero-order valence-corrected chi connectivity index (χ0v) is 20.2. The zero-order chi connectivity index (χ0) is 24.5. The molecular formula is C25H25N5O3S. The Bertz CT molecular complexity index is 1390. The van der Waals surface area contributed by atoms with Crippen LogP contribution >= 0.6 is 0 Å². The summed E-state index contributed by atoms with van der Waals surface area (Å²) in [6.45, 7) is 3.62. The van der Waals surface area contributed by atoms with Gasteiger partial charge in [-0.25, -0.2) is 22.4 Å². The molecule has 9 heteroatoms. The smallest absolute Gasteiger partial charge is 0.295 e. The Morgan fingerprint density at radius 2 is 1.56 bits per heavy atom. The number of para-hydroxylation sites is 1. The standard InChI is InChI=1S/C25H25N5O3S/c1-17-15-21(34(32,33)29(3)4)16-22(18(17)2)26-25(31)23-27-24(19-11-7-5-8-12-19)30(28-23)20-13-9-6-10-14-20/h5-16H,1-4H3,(H,26,31). The molecule has 8 nitrogen and oxygen atoms in total. The second kappa shape index (κ2) is 9.20. The molecule has 0 aliphatic rings. The number of aromatic nitrogens is 3. The van der Waals surface area contributed by atoms with Gasteiger partial charge in [0.2, 0.25) is 15.8 Å². The number of aryl methyl sites for hydroxylation is 1. The summed E-state index contributed by atoms with van der Waals surface area (Å²) in [5.74, 6) is -0.0387. The molecule has 174 valence electrons. The van der Waals surface area contributed by atoms with Crippen LogP contribution in [-0.2, 0) is 10.0 Å². The summed E-state index contributed by atoms with van der Waals surface area (Å²) >= 11 is 0. The van der Waals surface area contributed by atoms with Gasteiger partial charge in [0.1, 0.15) is 0 Å². The van der Waals surface area contributed by atoms with Crippen LogP contribution in [0.4, 0.5) is 5.69 Å². The van der Waals surface area contributed by atoms with Crippen molar-refractivity contribution in [3.05, 3.63) is 89.7 Å². The van der Waals surface area contributed by atoms with Crippen LogP contribution in [0, 0.1) is 13.8 Å². The summed E-state index contributed by atoms with van der Waals surface area (Å²) in [6.07, 6.45) is 0. The van der Waals surface area contributed by atoms with Gasteiger partial charge in [-0.2, -0.15) is 0 Å². The fourth-order valence-electron chi connectivity index (χ4n) is 3.43. The van der Waals surface area contributed by atoms with Crippen molar-refractivity contribution in [2.24, 2.45) is 0 Å². The van der Waals surface area contributed by atoms with Crippen LogP contribution in [0.25, 0.3) is 17.1 Å². The first-order valence-corrected chi connectivity index (χ1v) is 12.1. The van der Waals surface area contributed by atoms with Crippen LogP contribution in [0.3, 0.4) is 0 Å². The molecule has 0 spiro atoms. The fraction of sp³-hybridized carbons (Fsp3) is 0.160. The molecule has 0 bridgehead atoms. The van der Waals surface area contributed by atoms with Gasteiger partial charge in [-0.15, -0.1) is 5.10 Å². The van der Waals surface area contributed by atoms with Gasteiger partial charge in [0, 0.05) is 25.3 Å².